The number of halogens is 1. The molecule has 0 bridgehead atoms. The Balaban J connectivity index is 2.24. The lowest BCUT2D eigenvalue weighted by molar-refractivity contribution is 0.100. The average molecular weight is 332 g/mol. The van der Waals surface area contributed by atoms with Gasteiger partial charge in [0.25, 0.3) is 5.91 Å². The Hall–Kier alpha value is -2.53. The highest BCUT2D eigenvalue weighted by Crippen LogP contribution is 2.24. The Morgan fingerprint density at radius 3 is 2.17 bits per heavy atom. The van der Waals surface area contributed by atoms with Gasteiger partial charge in [-0.2, -0.15) is 0 Å². The summed E-state index contributed by atoms with van der Waals surface area (Å²) in [5, 5.41) is 5.81. The third-order valence-electron chi connectivity index (χ3n) is 3.41. The number of amides is 3. The van der Waals surface area contributed by atoms with Crippen molar-refractivity contribution in [3.05, 3.63) is 57.6 Å². The largest absolute Gasteiger partial charge is 0.366 e. The Morgan fingerprint density at radius 1 is 1.00 bits per heavy atom. The molecule has 4 N–H and O–H groups in total. The summed E-state index contributed by atoms with van der Waals surface area (Å²) in [6, 6.07) is 8.00. The van der Waals surface area contributed by atoms with Crippen molar-refractivity contribution in [3.8, 4) is 0 Å². The van der Waals surface area contributed by atoms with Gasteiger partial charge < -0.3 is 16.4 Å². The molecule has 2 aromatic rings. The van der Waals surface area contributed by atoms with Crippen LogP contribution in [0.2, 0.25) is 5.02 Å². The molecule has 0 unspecified atom stereocenters. The van der Waals surface area contributed by atoms with E-state index in [0.717, 1.165) is 22.4 Å². The third-order valence-corrected chi connectivity index (χ3v) is 3.65. The first-order chi connectivity index (χ1) is 10.8. The van der Waals surface area contributed by atoms with Crippen molar-refractivity contribution in [3.63, 3.8) is 0 Å². The lowest BCUT2D eigenvalue weighted by Crippen LogP contribution is -2.23. The molecule has 0 saturated carbocycles. The molecule has 0 spiro atoms. The van der Waals surface area contributed by atoms with Crippen LogP contribution in [0.3, 0.4) is 0 Å². The number of primary amides is 1. The van der Waals surface area contributed by atoms with Crippen LogP contribution in [0.4, 0.5) is 16.2 Å². The zero-order valence-corrected chi connectivity index (χ0v) is 13.9. The summed E-state index contributed by atoms with van der Waals surface area (Å²) in [5.74, 6) is -0.639. The zero-order chi connectivity index (χ0) is 17.1. The second kappa shape index (κ2) is 6.71. The molecule has 23 heavy (non-hydrogen) atoms. The molecule has 0 aromatic heterocycles. The Kier molecular flexibility index (Phi) is 4.91. The molecular weight excluding hydrogens is 314 g/mol. The third kappa shape index (κ3) is 4.02. The predicted octanol–water partition coefficient (Wildman–Crippen LogP) is 4.01. The van der Waals surface area contributed by atoms with Crippen molar-refractivity contribution in [2.24, 2.45) is 5.73 Å². The summed E-state index contributed by atoms with van der Waals surface area (Å²) in [6.45, 7) is 5.84. The second-order valence-corrected chi connectivity index (χ2v) is 5.84. The summed E-state index contributed by atoms with van der Waals surface area (Å²) in [5.41, 5.74) is 9.54. The van der Waals surface area contributed by atoms with E-state index >= 15 is 0 Å². The number of nitrogens with two attached hydrogens (primary N) is 1. The van der Waals surface area contributed by atoms with Crippen LogP contribution in [0.1, 0.15) is 27.0 Å². The van der Waals surface area contributed by atoms with Crippen LogP contribution in [-0.4, -0.2) is 11.9 Å². The number of benzene rings is 2. The van der Waals surface area contributed by atoms with Crippen molar-refractivity contribution >= 4 is 34.9 Å². The van der Waals surface area contributed by atoms with E-state index < -0.39 is 11.9 Å². The lowest BCUT2D eigenvalue weighted by Gasteiger charge is -2.15. The SMILES string of the molecule is Cc1cc(C)c(NC(=O)Nc2cc(Cl)ccc2C(N)=O)c(C)c1. The maximum absolute atomic E-state index is 12.2. The fraction of sp³-hybridized carbons (Fsp3) is 0.176. The number of carbonyl (C=O) groups excluding carboxylic acids is 2. The summed E-state index contributed by atoms with van der Waals surface area (Å²) in [7, 11) is 0. The normalized spacial score (nSPS) is 10.3. The molecule has 0 heterocycles. The quantitative estimate of drug-likeness (QED) is 0.794. The van der Waals surface area contributed by atoms with E-state index in [1.165, 1.54) is 12.1 Å². The number of carbonyl (C=O) groups is 2. The highest BCUT2D eigenvalue weighted by Gasteiger charge is 2.13. The van der Waals surface area contributed by atoms with Gasteiger partial charge in [-0.1, -0.05) is 29.3 Å². The molecule has 5 nitrogen and oxygen atoms in total. The van der Waals surface area contributed by atoms with E-state index in [2.05, 4.69) is 10.6 Å². The molecular formula is C17H18ClN3O2. The summed E-state index contributed by atoms with van der Waals surface area (Å²) in [6.07, 6.45) is 0. The Labute approximate surface area is 139 Å². The number of aryl methyl sites for hydroxylation is 3. The van der Waals surface area contributed by atoms with Crippen molar-refractivity contribution in [2.75, 3.05) is 10.6 Å². The van der Waals surface area contributed by atoms with Crippen molar-refractivity contribution in [1.29, 1.82) is 0 Å². The van der Waals surface area contributed by atoms with Crippen LogP contribution in [0.5, 0.6) is 0 Å². The molecule has 2 aromatic carbocycles. The maximum atomic E-state index is 12.2. The van der Waals surface area contributed by atoms with Gasteiger partial charge in [0.1, 0.15) is 0 Å². The molecule has 0 fully saturated rings. The van der Waals surface area contributed by atoms with Gasteiger partial charge in [0.15, 0.2) is 0 Å². The topological polar surface area (TPSA) is 84.2 Å². The minimum atomic E-state index is -0.639. The van der Waals surface area contributed by atoms with Gasteiger partial charge in [-0.05, 0) is 50.1 Å². The first kappa shape index (κ1) is 16.8. The Morgan fingerprint density at radius 2 is 1.61 bits per heavy atom. The average Bonchev–Trinajstić information content (AvgIpc) is 2.42. The number of urea groups is 1. The second-order valence-electron chi connectivity index (χ2n) is 5.41. The molecule has 0 saturated heterocycles. The molecule has 120 valence electrons. The van der Waals surface area contributed by atoms with Crippen molar-refractivity contribution in [1.82, 2.24) is 0 Å². The van der Waals surface area contributed by atoms with Crippen LogP contribution in [0, 0.1) is 20.8 Å². The Bertz CT molecular complexity index is 764. The van der Waals surface area contributed by atoms with Crippen LogP contribution in [0.25, 0.3) is 0 Å². The van der Waals surface area contributed by atoms with Crippen molar-refractivity contribution in [2.45, 2.75) is 20.8 Å². The zero-order valence-electron chi connectivity index (χ0n) is 13.2. The van der Waals surface area contributed by atoms with Gasteiger partial charge in [0.05, 0.1) is 11.3 Å². The molecule has 0 radical (unpaired) electrons. The smallest absolute Gasteiger partial charge is 0.323 e. The highest BCUT2D eigenvalue weighted by atomic mass is 35.5. The van der Waals surface area contributed by atoms with Crippen molar-refractivity contribution < 1.29 is 9.59 Å². The molecule has 0 aliphatic heterocycles. The van der Waals surface area contributed by atoms with Crippen LogP contribution in [-0.2, 0) is 0 Å². The van der Waals surface area contributed by atoms with Crippen LogP contribution < -0.4 is 16.4 Å². The molecule has 0 atom stereocenters. The maximum Gasteiger partial charge on any atom is 0.323 e. The van der Waals surface area contributed by atoms with Gasteiger partial charge >= 0.3 is 6.03 Å². The fourth-order valence-electron chi connectivity index (χ4n) is 2.48. The predicted molar refractivity (Wildman–Crippen MR) is 93.3 cm³/mol. The van der Waals surface area contributed by atoms with Gasteiger partial charge in [-0.25, -0.2) is 4.79 Å². The summed E-state index contributed by atoms with van der Waals surface area (Å²) >= 11 is 5.91. The fourth-order valence-corrected chi connectivity index (χ4v) is 2.65. The van der Waals surface area contributed by atoms with E-state index in [0.29, 0.717) is 5.02 Å². The van der Waals surface area contributed by atoms with Crippen LogP contribution in [0.15, 0.2) is 30.3 Å². The minimum absolute atomic E-state index is 0.196. The van der Waals surface area contributed by atoms with Crippen LogP contribution >= 0.6 is 11.6 Å². The van der Waals surface area contributed by atoms with E-state index in [1.807, 2.05) is 32.9 Å². The number of rotatable bonds is 3. The molecule has 2 rings (SSSR count). The van der Waals surface area contributed by atoms with E-state index in [4.69, 9.17) is 17.3 Å². The van der Waals surface area contributed by atoms with Gasteiger partial charge in [-0.15, -0.1) is 0 Å². The number of anilines is 2. The highest BCUT2D eigenvalue weighted by molar-refractivity contribution is 6.31. The van der Waals surface area contributed by atoms with Gasteiger partial charge in [0.2, 0.25) is 0 Å². The van der Waals surface area contributed by atoms with E-state index in [9.17, 15) is 9.59 Å². The molecule has 6 heteroatoms. The standard InChI is InChI=1S/C17H18ClN3O2/c1-9-6-10(2)15(11(3)7-9)21-17(23)20-14-8-12(18)4-5-13(14)16(19)22/h4-8H,1-3H3,(H2,19,22)(H2,20,21,23). The monoisotopic (exact) mass is 331 g/mol. The number of hydrogen-bond donors (Lipinski definition) is 3. The molecule has 0 aliphatic carbocycles. The van der Waals surface area contributed by atoms with Gasteiger partial charge in [-0.3, -0.25) is 4.79 Å². The molecule has 0 aliphatic rings. The summed E-state index contributed by atoms with van der Waals surface area (Å²) < 4.78 is 0. The first-order valence-corrected chi connectivity index (χ1v) is 7.41. The van der Waals surface area contributed by atoms with E-state index in [1.54, 1.807) is 6.07 Å². The van der Waals surface area contributed by atoms with E-state index in [-0.39, 0.29) is 11.3 Å². The van der Waals surface area contributed by atoms with Gasteiger partial charge in [0, 0.05) is 10.7 Å². The lowest BCUT2D eigenvalue weighted by atomic mass is 10.1. The minimum Gasteiger partial charge on any atom is -0.366 e. The number of hydrogen-bond acceptors (Lipinski definition) is 2. The molecule has 3 amide bonds. The first-order valence-electron chi connectivity index (χ1n) is 7.03. The summed E-state index contributed by atoms with van der Waals surface area (Å²) in [4.78, 5) is 23.7. The number of nitrogens with one attached hydrogen (secondary N) is 2.